The van der Waals surface area contributed by atoms with Gasteiger partial charge in [-0.15, -0.1) is 0 Å². The van der Waals surface area contributed by atoms with Crippen LogP contribution in [0.15, 0.2) is 30.3 Å². The second kappa shape index (κ2) is 14.4. The third-order valence-electron chi connectivity index (χ3n) is 9.62. The molecule has 1 N–H and O–H groups in total. The van der Waals surface area contributed by atoms with E-state index in [1.807, 2.05) is 36.1 Å². The molecule has 0 aliphatic carbocycles. The number of aromatic nitrogens is 2. The van der Waals surface area contributed by atoms with Crippen molar-refractivity contribution in [2.75, 3.05) is 45.6 Å². The van der Waals surface area contributed by atoms with E-state index in [4.69, 9.17) is 4.74 Å². The molecule has 2 aromatic rings. The molecule has 2 amide bonds. The van der Waals surface area contributed by atoms with Crippen molar-refractivity contribution in [2.24, 2.45) is 5.41 Å². The molecule has 0 radical (unpaired) electrons. The largest absolute Gasteiger partial charge is 0.491 e. The molecule has 0 unspecified atom stereocenters. The van der Waals surface area contributed by atoms with Crippen molar-refractivity contribution in [2.45, 2.75) is 83.5 Å². The molecule has 0 bridgehead atoms. The number of benzene rings is 1. The van der Waals surface area contributed by atoms with Crippen LogP contribution in [0.4, 0.5) is 0 Å². The fourth-order valence-electron chi connectivity index (χ4n) is 6.96. The lowest BCUT2D eigenvalue weighted by molar-refractivity contribution is -0.141. The fraction of sp³-hybridized carbons (Fsp3) is 0.636. The number of carbonyl (C=O) groups excluding carboxylic acids is 2. The Morgan fingerprint density at radius 1 is 1.05 bits per heavy atom. The van der Waals surface area contributed by atoms with Gasteiger partial charge < -0.3 is 15.0 Å². The van der Waals surface area contributed by atoms with Crippen molar-refractivity contribution in [3.8, 4) is 5.75 Å². The van der Waals surface area contributed by atoms with Crippen molar-refractivity contribution in [1.82, 2.24) is 24.5 Å². The summed E-state index contributed by atoms with van der Waals surface area (Å²) in [5.74, 6) is 1.95. The lowest BCUT2D eigenvalue weighted by Gasteiger charge is -2.41. The lowest BCUT2D eigenvalue weighted by atomic mass is 9.73. The summed E-state index contributed by atoms with van der Waals surface area (Å²) in [5.41, 5.74) is 2.57. The number of nitrogens with one attached hydrogen (secondary N) is 1. The standard InChI is InChI=1S/C33H47N5O5S/c1-25-35-28(24-29(36-25)26-13-19-38(20-14-26)44(2,41)42)11-12-31(39)37-21-16-33(17-22-37)15-7-3-4-8-27-9-5-6-10-30(27)43-23-18-34-32(33)40/h5-6,9-10,24,26H,3-4,7-8,11-23H2,1-2H3,(H,34,40). The van der Waals surface area contributed by atoms with E-state index < -0.39 is 15.4 Å². The zero-order chi connectivity index (χ0) is 31.2. The Balaban J connectivity index is 1.13. The van der Waals surface area contributed by atoms with Crippen molar-refractivity contribution in [3.63, 3.8) is 0 Å². The van der Waals surface area contributed by atoms with Gasteiger partial charge in [0.2, 0.25) is 21.8 Å². The highest BCUT2D eigenvalue weighted by Gasteiger charge is 2.41. The lowest BCUT2D eigenvalue weighted by Crippen LogP contribution is -2.50. The van der Waals surface area contributed by atoms with Gasteiger partial charge in [-0.05, 0) is 76.0 Å². The molecule has 1 spiro atoms. The van der Waals surface area contributed by atoms with Crippen molar-refractivity contribution < 1.29 is 22.7 Å². The predicted octanol–water partition coefficient (Wildman–Crippen LogP) is 3.78. The maximum atomic E-state index is 13.5. The minimum atomic E-state index is -3.18. The van der Waals surface area contributed by atoms with Crippen LogP contribution in [0.2, 0.25) is 0 Å². The first kappa shape index (κ1) is 32.3. The van der Waals surface area contributed by atoms with Crippen molar-refractivity contribution >= 4 is 21.8 Å². The molecule has 4 heterocycles. The van der Waals surface area contributed by atoms with Gasteiger partial charge in [0, 0.05) is 49.9 Å². The quantitative estimate of drug-likeness (QED) is 0.537. The molecular weight excluding hydrogens is 578 g/mol. The average Bonchev–Trinajstić information content (AvgIpc) is 3.02. The van der Waals surface area contributed by atoms with Gasteiger partial charge in [0.25, 0.3) is 0 Å². The monoisotopic (exact) mass is 625 g/mol. The molecule has 1 aromatic carbocycles. The number of hydrogen-bond donors (Lipinski definition) is 1. The van der Waals surface area contributed by atoms with Gasteiger partial charge in [-0.25, -0.2) is 22.7 Å². The van der Waals surface area contributed by atoms with Crippen LogP contribution in [0.3, 0.4) is 0 Å². The first-order valence-electron chi connectivity index (χ1n) is 16.2. The van der Waals surface area contributed by atoms with Crippen LogP contribution in [0.25, 0.3) is 0 Å². The summed E-state index contributed by atoms with van der Waals surface area (Å²) in [7, 11) is -3.18. The van der Waals surface area contributed by atoms with E-state index in [1.54, 1.807) is 0 Å². The summed E-state index contributed by atoms with van der Waals surface area (Å²) in [6, 6.07) is 10.2. The third-order valence-corrected chi connectivity index (χ3v) is 10.9. The van der Waals surface area contributed by atoms with E-state index >= 15 is 0 Å². The summed E-state index contributed by atoms with van der Waals surface area (Å²) in [6.07, 6.45) is 9.88. The molecule has 11 heteroatoms. The number of likely N-dealkylation sites (tertiary alicyclic amines) is 1. The Labute approximate surface area is 262 Å². The van der Waals surface area contributed by atoms with E-state index in [0.717, 1.165) is 62.1 Å². The number of carbonyl (C=O) groups is 2. The van der Waals surface area contributed by atoms with E-state index in [-0.39, 0.29) is 17.7 Å². The highest BCUT2D eigenvalue weighted by atomic mass is 32.2. The number of rotatable bonds is 5. The Morgan fingerprint density at radius 2 is 1.80 bits per heavy atom. The summed E-state index contributed by atoms with van der Waals surface area (Å²) < 4.78 is 31.3. The summed E-state index contributed by atoms with van der Waals surface area (Å²) in [6.45, 7) is 4.93. The Bertz CT molecular complexity index is 1420. The Kier molecular flexibility index (Phi) is 10.6. The summed E-state index contributed by atoms with van der Waals surface area (Å²) >= 11 is 0. The molecule has 44 heavy (non-hydrogen) atoms. The number of ether oxygens (including phenoxy) is 1. The van der Waals surface area contributed by atoms with E-state index in [1.165, 1.54) is 16.1 Å². The summed E-state index contributed by atoms with van der Waals surface area (Å²) in [4.78, 5) is 37.9. The van der Waals surface area contributed by atoms with E-state index in [9.17, 15) is 18.0 Å². The van der Waals surface area contributed by atoms with Crippen molar-refractivity contribution in [3.05, 3.63) is 53.1 Å². The average molecular weight is 626 g/mol. The molecule has 3 aliphatic heterocycles. The van der Waals surface area contributed by atoms with Gasteiger partial charge in [0.15, 0.2) is 0 Å². The normalized spacial score (nSPS) is 20.9. The molecule has 10 nitrogen and oxygen atoms in total. The number of para-hydroxylation sites is 1. The molecule has 2 saturated heterocycles. The second-order valence-electron chi connectivity index (χ2n) is 12.7. The highest BCUT2D eigenvalue weighted by molar-refractivity contribution is 7.88. The number of fused-ring (bicyclic) bond motifs is 1. The third kappa shape index (κ3) is 8.15. The van der Waals surface area contributed by atoms with Crippen LogP contribution in [-0.2, 0) is 32.5 Å². The SMILES string of the molecule is Cc1nc(CCC(=O)N2CCC3(CCCCCc4ccccc4OCCNC3=O)CC2)cc(C2CCN(S(C)(=O)=O)CC2)n1. The van der Waals surface area contributed by atoms with Gasteiger partial charge in [0.1, 0.15) is 18.2 Å². The van der Waals surface area contributed by atoms with E-state index in [2.05, 4.69) is 21.4 Å². The number of sulfonamides is 1. The summed E-state index contributed by atoms with van der Waals surface area (Å²) in [5, 5.41) is 3.14. The molecule has 1 aromatic heterocycles. The maximum Gasteiger partial charge on any atom is 0.226 e. The zero-order valence-corrected chi connectivity index (χ0v) is 27.0. The number of hydrogen-bond acceptors (Lipinski definition) is 7. The van der Waals surface area contributed by atoms with Crippen LogP contribution >= 0.6 is 0 Å². The van der Waals surface area contributed by atoms with Crippen LogP contribution in [-0.4, -0.2) is 85.0 Å². The minimum Gasteiger partial charge on any atom is -0.491 e. The van der Waals surface area contributed by atoms with Gasteiger partial charge in [-0.1, -0.05) is 31.0 Å². The van der Waals surface area contributed by atoms with Gasteiger partial charge in [-0.2, -0.15) is 0 Å². The Morgan fingerprint density at radius 3 is 2.55 bits per heavy atom. The highest BCUT2D eigenvalue weighted by Crippen LogP contribution is 2.38. The molecule has 2 fully saturated rings. The predicted molar refractivity (Wildman–Crippen MR) is 169 cm³/mol. The molecule has 0 atom stereocenters. The first-order chi connectivity index (χ1) is 21.1. The molecule has 3 aliphatic rings. The second-order valence-corrected chi connectivity index (χ2v) is 14.7. The van der Waals surface area contributed by atoms with Crippen LogP contribution in [0, 0.1) is 12.3 Å². The van der Waals surface area contributed by atoms with Crippen LogP contribution in [0.5, 0.6) is 5.75 Å². The van der Waals surface area contributed by atoms with Crippen LogP contribution < -0.4 is 10.1 Å². The number of piperidine rings is 2. The van der Waals surface area contributed by atoms with Gasteiger partial charge >= 0.3 is 0 Å². The van der Waals surface area contributed by atoms with Crippen LogP contribution in [0.1, 0.15) is 86.5 Å². The molecule has 240 valence electrons. The smallest absolute Gasteiger partial charge is 0.226 e. The zero-order valence-electron chi connectivity index (χ0n) is 26.2. The molecular formula is C33H47N5O5S. The number of aryl methyl sites for hydroxylation is 3. The first-order valence-corrected chi connectivity index (χ1v) is 18.0. The molecule has 5 rings (SSSR count). The van der Waals surface area contributed by atoms with E-state index in [0.29, 0.717) is 70.8 Å². The van der Waals surface area contributed by atoms with Gasteiger partial charge in [-0.3, -0.25) is 9.59 Å². The molecule has 0 saturated carbocycles. The topological polar surface area (TPSA) is 122 Å². The fourth-order valence-corrected chi connectivity index (χ4v) is 7.84. The number of nitrogens with zero attached hydrogens (tertiary/aromatic N) is 4. The van der Waals surface area contributed by atoms with Gasteiger partial charge in [0.05, 0.1) is 18.2 Å². The Hall–Kier alpha value is -3.05. The van der Waals surface area contributed by atoms with Crippen molar-refractivity contribution in [1.29, 1.82) is 0 Å². The number of amides is 2. The maximum absolute atomic E-state index is 13.5. The minimum absolute atomic E-state index is 0.0899.